The van der Waals surface area contributed by atoms with Gasteiger partial charge in [0.25, 0.3) is 11.7 Å². The molecule has 0 aliphatic carbocycles. The summed E-state index contributed by atoms with van der Waals surface area (Å²) >= 11 is 1.50. The zero-order valence-corrected chi connectivity index (χ0v) is 15.7. The van der Waals surface area contributed by atoms with Gasteiger partial charge in [-0.05, 0) is 35.7 Å². The second-order valence-electron chi connectivity index (χ2n) is 5.75. The molecule has 0 spiro atoms. The number of hydrogen-bond acceptors (Lipinski definition) is 5. The van der Waals surface area contributed by atoms with Crippen LogP contribution in [0.3, 0.4) is 0 Å². The van der Waals surface area contributed by atoms with Gasteiger partial charge in [0.2, 0.25) is 5.89 Å². The number of halogens is 2. The van der Waals surface area contributed by atoms with Crippen LogP contribution in [0.1, 0.15) is 35.2 Å². The molecule has 8 heteroatoms. The Morgan fingerprint density at radius 2 is 1.96 bits per heavy atom. The van der Waals surface area contributed by atoms with Crippen LogP contribution in [0.25, 0.3) is 11.5 Å². The number of thiophene rings is 1. The molecule has 0 radical (unpaired) electrons. The summed E-state index contributed by atoms with van der Waals surface area (Å²) in [6.45, 7) is 4.04. The number of thioether (sulfide) groups is 1. The van der Waals surface area contributed by atoms with Gasteiger partial charge in [-0.15, -0.1) is 11.3 Å². The first-order chi connectivity index (χ1) is 12.4. The molecule has 0 saturated heterocycles. The molecule has 0 unspecified atom stereocenters. The second-order valence-corrected chi connectivity index (χ2v) is 7.69. The van der Waals surface area contributed by atoms with Crippen molar-refractivity contribution in [1.82, 2.24) is 4.98 Å². The van der Waals surface area contributed by atoms with E-state index in [4.69, 9.17) is 4.42 Å². The van der Waals surface area contributed by atoms with Crippen molar-refractivity contribution in [3.8, 4) is 11.5 Å². The van der Waals surface area contributed by atoms with E-state index in [1.807, 2.05) is 13.8 Å². The van der Waals surface area contributed by atoms with Crippen LogP contribution < -0.4 is 5.32 Å². The van der Waals surface area contributed by atoms with E-state index >= 15 is 0 Å². The van der Waals surface area contributed by atoms with Gasteiger partial charge in [0.15, 0.2) is 0 Å². The Balaban J connectivity index is 1.71. The fourth-order valence-corrected chi connectivity index (χ4v) is 3.82. The molecule has 0 atom stereocenters. The van der Waals surface area contributed by atoms with Crippen LogP contribution in [0.4, 0.5) is 14.5 Å². The van der Waals surface area contributed by atoms with E-state index in [0.29, 0.717) is 23.3 Å². The van der Waals surface area contributed by atoms with Crippen LogP contribution in [-0.2, 0) is 0 Å². The van der Waals surface area contributed by atoms with Crippen LogP contribution in [0.15, 0.2) is 51.2 Å². The van der Waals surface area contributed by atoms with Crippen LogP contribution in [0.5, 0.6) is 0 Å². The summed E-state index contributed by atoms with van der Waals surface area (Å²) in [7, 11) is 0. The van der Waals surface area contributed by atoms with Crippen molar-refractivity contribution >= 4 is 34.7 Å². The lowest BCUT2D eigenvalue weighted by Gasteiger charge is -2.06. The van der Waals surface area contributed by atoms with Gasteiger partial charge in [-0.3, -0.25) is 4.79 Å². The lowest BCUT2D eigenvalue weighted by Crippen LogP contribution is -2.11. The molecule has 1 aromatic carbocycles. The second kappa shape index (κ2) is 8.01. The SMILES string of the molecule is CC(C)c1cnc(-c2ccc(NC(=O)c3sccc3SC(F)F)cc2)o1. The first-order valence-corrected chi connectivity index (χ1v) is 9.59. The van der Waals surface area contributed by atoms with Crippen molar-refractivity contribution in [3.05, 3.63) is 52.5 Å². The van der Waals surface area contributed by atoms with Gasteiger partial charge >= 0.3 is 0 Å². The smallest absolute Gasteiger partial charge is 0.288 e. The molecule has 2 aromatic heterocycles. The molecule has 3 aromatic rings. The minimum atomic E-state index is -2.56. The Morgan fingerprint density at radius 3 is 2.58 bits per heavy atom. The summed E-state index contributed by atoms with van der Waals surface area (Å²) in [4.78, 5) is 17.1. The molecule has 26 heavy (non-hydrogen) atoms. The van der Waals surface area contributed by atoms with Gasteiger partial charge in [-0.25, -0.2) is 4.98 Å². The summed E-state index contributed by atoms with van der Waals surface area (Å²) in [5, 5.41) is 4.34. The summed E-state index contributed by atoms with van der Waals surface area (Å²) < 4.78 is 30.8. The third kappa shape index (κ3) is 4.31. The predicted octanol–water partition coefficient (Wildman–Crippen LogP) is 6.09. The van der Waals surface area contributed by atoms with Gasteiger partial charge < -0.3 is 9.73 Å². The molecular weight excluding hydrogens is 378 g/mol. The summed E-state index contributed by atoms with van der Waals surface area (Å²) in [6.07, 6.45) is 1.70. The number of anilines is 1. The Labute approximate surface area is 157 Å². The largest absolute Gasteiger partial charge is 0.441 e. The average Bonchev–Trinajstić information content (AvgIpc) is 3.24. The lowest BCUT2D eigenvalue weighted by atomic mass is 10.2. The zero-order chi connectivity index (χ0) is 18.7. The molecule has 0 aliphatic rings. The first kappa shape index (κ1) is 18.6. The summed E-state index contributed by atoms with van der Waals surface area (Å²) in [5.41, 5.74) is 1.36. The number of aromatic nitrogens is 1. The monoisotopic (exact) mass is 394 g/mol. The molecular formula is C18H16F2N2O2S2. The molecule has 0 bridgehead atoms. The molecule has 1 N–H and O–H groups in total. The Hall–Kier alpha value is -2.19. The molecule has 3 rings (SSSR count). The van der Waals surface area contributed by atoms with E-state index < -0.39 is 11.7 Å². The number of hydrogen-bond donors (Lipinski definition) is 1. The predicted molar refractivity (Wildman–Crippen MR) is 100 cm³/mol. The van der Waals surface area contributed by atoms with E-state index in [9.17, 15) is 13.6 Å². The number of nitrogens with one attached hydrogen (secondary N) is 1. The van der Waals surface area contributed by atoms with E-state index in [1.54, 1.807) is 35.8 Å². The van der Waals surface area contributed by atoms with E-state index in [2.05, 4.69) is 10.3 Å². The maximum atomic E-state index is 12.5. The van der Waals surface area contributed by atoms with Gasteiger partial charge in [0, 0.05) is 22.1 Å². The standard InChI is InChI=1S/C18H16F2N2O2S2/c1-10(2)13-9-21-17(24-13)11-3-5-12(6-4-11)22-16(23)15-14(7-8-25-15)26-18(19)20/h3-10,18H,1-2H3,(H,22,23). The van der Waals surface area contributed by atoms with Crippen molar-refractivity contribution in [1.29, 1.82) is 0 Å². The highest BCUT2D eigenvalue weighted by molar-refractivity contribution is 7.99. The minimum Gasteiger partial charge on any atom is -0.441 e. The number of oxazole rings is 1. The van der Waals surface area contributed by atoms with E-state index in [0.717, 1.165) is 22.7 Å². The number of nitrogens with zero attached hydrogens (tertiary/aromatic N) is 1. The third-order valence-electron chi connectivity index (χ3n) is 3.53. The Kier molecular flexibility index (Phi) is 5.73. The first-order valence-electron chi connectivity index (χ1n) is 7.84. The van der Waals surface area contributed by atoms with Gasteiger partial charge in [-0.1, -0.05) is 25.6 Å². The van der Waals surface area contributed by atoms with Crippen molar-refractivity contribution in [3.63, 3.8) is 0 Å². The molecule has 1 amide bonds. The number of carbonyl (C=O) groups excluding carboxylic acids is 1. The van der Waals surface area contributed by atoms with E-state index in [1.165, 1.54) is 6.07 Å². The number of carbonyl (C=O) groups is 1. The number of alkyl halides is 2. The minimum absolute atomic E-state index is 0.251. The van der Waals surface area contributed by atoms with Crippen LogP contribution in [0, 0.1) is 0 Å². The number of rotatable bonds is 6. The maximum absolute atomic E-state index is 12.5. The van der Waals surface area contributed by atoms with Crippen molar-refractivity contribution < 1.29 is 18.0 Å². The number of amides is 1. The third-order valence-corrected chi connectivity index (χ3v) is 5.35. The topological polar surface area (TPSA) is 55.1 Å². The highest BCUT2D eigenvalue weighted by atomic mass is 32.2. The quantitative estimate of drug-likeness (QED) is 0.514. The lowest BCUT2D eigenvalue weighted by molar-refractivity contribution is 0.102. The fraction of sp³-hybridized carbons (Fsp3) is 0.222. The highest BCUT2D eigenvalue weighted by Crippen LogP contribution is 2.32. The Morgan fingerprint density at radius 1 is 1.23 bits per heavy atom. The van der Waals surface area contributed by atoms with Gasteiger partial charge in [0.05, 0.1) is 6.20 Å². The highest BCUT2D eigenvalue weighted by Gasteiger charge is 2.17. The van der Waals surface area contributed by atoms with Crippen molar-refractivity contribution in [2.75, 3.05) is 5.32 Å². The zero-order valence-electron chi connectivity index (χ0n) is 14.0. The molecule has 0 saturated carbocycles. The van der Waals surface area contributed by atoms with Crippen LogP contribution >= 0.6 is 23.1 Å². The normalized spacial score (nSPS) is 11.3. The maximum Gasteiger partial charge on any atom is 0.288 e. The number of benzene rings is 1. The summed E-state index contributed by atoms with van der Waals surface area (Å²) in [5.74, 6) is -1.40. The van der Waals surface area contributed by atoms with Crippen molar-refractivity contribution in [2.45, 2.75) is 30.4 Å². The van der Waals surface area contributed by atoms with E-state index in [-0.39, 0.29) is 15.7 Å². The molecule has 4 nitrogen and oxygen atoms in total. The van der Waals surface area contributed by atoms with Gasteiger partial charge in [0.1, 0.15) is 10.6 Å². The molecule has 0 fully saturated rings. The average molecular weight is 394 g/mol. The molecule has 0 aliphatic heterocycles. The van der Waals surface area contributed by atoms with Gasteiger partial charge in [-0.2, -0.15) is 8.78 Å². The molecule has 136 valence electrons. The molecule has 2 heterocycles. The fourth-order valence-electron chi connectivity index (χ4n) is 2.22. The Bertz CT molecular complexity index is 889. The van der Waals surface area contributed by atoms with Crippen LogP contribution in [-0.4, -0.2) is 16.6 Å². The van der Waals surface area contributed by atoms with Crippen molar-refractivity contribution in [2.24, 2.45) is 0 Å². The summed E-state index contributed by atoms with van der Waals surface area (Å²) in [6, 6.07) is 8.54. The van der Waals surface area contributed by atoms with Crippen LogP contribution in [0.2, 0.25) is 0 Å².